The molecule has 27 heavy (non-hydrogen) atoms. The fourth-order valence-electron chi connectivity index (χ4n) is 3.32. The number of carbonyl (C=O) groups is 1. The van der Waals surface area contributed by atoms with Gasteiger partial charge in [-0.2, -0.15) is 0 Å². The fourth-order valence-corrected chi connectivity index (χ4v) is 4.48. The van der Waals surface area contributed by atoms with Crippen molar-refractivity contribution in [3.8, 4) is 0 Å². The molecule has 0 spiro atoms. The number of thioether (sulfide) groups is 1. The van der Waals surface area contributed by atoms with E-state index < -0.39 is 0 Å². The lowest BCUT2D eigenvalue weighted by Crippen LogP contribution is -2.22. The van der Waals surface area contributed by atoms with Crippen molar-refractivity contribution in [3.63, 3.8) is 0 Å². The Bertz CT molecular complexity index is 1120. The van der Waals surface area contributed by atoms with Crippen LogP contribution in [-0.4, -0.2) is 26.7 Å². The second-order valence-electron chi connectivity index (χ2n) is 6.43. The van der Waals surface area contributed by atoms with Crippen LogP contribution in [0.25, 0.3) is 17.0 Å². The first-order valence-corrected chi connectivity index (χ1v) is 9.72. The second-order valence-corrected chi connectivity index (χ2v) is 8.11. The smallest absolute Gasteiger partial charge is 0.265 e. The Labute approximate surface area is 166 Å². The summed E-state index contributed by atoms with van der Waals surface area (Å²) in [4.78, 5) is 14.5. The van der Waals surface area contributed by atoms with E-state index >= 15 is 0 Å². The standard InChI is InChI=1S/C21H17FN2OS2/c1-13-16(11-19-20(25)23(2)21(26)27-19)15-8-4-6-10-18(15)24(13)12-14-7-3-5-9-17(14)22/h3-11H,12H2,1-2H3/b19-11+. The van der Waals surface area contributed by atoms with Gasteiger partial charge < -0.3 is 4.57 Å². The molecule has 136 valence electrons. The van der Waals surface area contributed by atoms with E-state index in [1.165, 1.54) is 22.7 Å². The highest BCUT2D eigenvalue weighted by molar-refractivity contribution is 8.26. The van der Waals surface area contributed by atoms with E-state index in [0.717, 1.165) is 22.2 Å². The lowest BCUT2D eigenvalue weighted by molar-refractivity contribution is -0.121. The number of carbonyl (C=O) groups excluding carboxylic acids is 1. The maximum absolute atomic E-state index is 14.2. The largest absolute Gasteiger partial charge is 0.340 e. The lowest BCUT2D eigenvalue weighted by Gasteiger charge is -2.09. The highest BCUT2D eigenvalue weighted by Crippen LogP contribution is 2.35. The first-order valence-electron chi connectivity index (χ1n) is 8.50. The molecule has 1 aliphatic rings. The Kier molecular flexibility index (Phi) is 4.61. The van der Waals surface area contributed by atoms with E-state index in [4.69, 9.17) is 12.2 Å². The average Bonchev–Trinajstić information content (AvgIpc) is 3.07. The monoisotopic (exact) mass is 396 g/mol. The normalized spacial score (nSPS) is 16.1. The van der Waals surface area contributed by atoms with Crippen LogP contribution in [-0.2, 0) is 11.3 Å². The molecule has 0 bridgehead atoms. The quantitative estimate of drug-likeness (QED) is 0.462. The number of likely N-dealkylation sites (N-methyl/N-ethyl adjacent to an activating group) is 1. The van der Waals surface area contributed by atoms with Crippen LogP contribution in [0, 0.1) is 12.7 Å². The molecule has 2 aromatic carbocycles. The van der Waals surface area contributed by atoms with Crippen molar-refractivity contribution < 1.29 is 9.18 Å². The number of benzene rings is 2. The number of hydrogen-bond donors (Lipinski definition) is 0. The molecule has 1 fully saturated rings. The summed E-state index contributed by atoms with van der Waals surface area (Å²) >= 11 is 6.54. The molecule has 3 nitrogen and oxygen atoms in total. The van der Waals surface area contributed by atoms with Gasteiger partial charge in [-0.1, -0.05) is 60.4 Å². The van der Waals surface area contributed by atoms with Gasteiger partial charge in [-0.15, -0.1) is 0 Å². The third kappa shape index (κ3) is 3.09. The molecule has 0 atom stereocenters. The number of halogens is 1. The van der Waals surface area contributed by atoms with Crippen molar-refractivity contribution >= 4 is 51.2 Å². The minimum absolute atomic E-state index is 0.0877. The van der Waals surface area contributed by atoms with Gasteiger partial charge in [0.1, 0.15) is 10.1 Å². The zero-order valence-corrected chi connectivity index (χ0v) is 16.5. The van der Waals surface area contributed by atoms with E-state index in [9.17, 15) is 9.18 Å². The average molecular weight is 397 g/mol. The van der Waals surface area contributed by atoms with Crippen LogP contribution in [0.2, 0.25) is 0 Å². The molecule has 2 heterocycles. The molecule has 0 radical (unpaired) electrons. The minimum atomic E-state index is -0.219. The van der Waals surface area contributed by atoms with E-state index in [1.54, 1.807) is 19.2 Å². The van der Waals surface area contributed by atoms with Crippen LogP contribution in [0.5, 0.6) is 0 Å². The highest BCUT2D eigenvalue weighted by Gasteiger charge is 2.29. The molecule has 4 rings (SSSR count). The molecule has 1 saturated heterocycles. The van der Waals surface area contributed by atoms with Gasteiger partial charge in [-0.05, 0) is 25.1 Å². The number of para-hydroxylation sites is 1. The minimum Gasteiger partial charge on any atom is -0.340 e. The van der Waals surface area contributed by atoms with Crippen LogP contribution in [0.3, 0.4) is 0 Å². The van der Waals surface area contributed by atoms with E-state index in [2.05, 4.69) is 4.57 Å². The van der Waals surface area contributed by atoms with Crippen molar-refractivity contribution in [2.24, 2.45) is 0 Å². The molecule has 1 aromatic heterocycles. The fraction of sp³-hybridized carbons (Fsp3) is 0.143. The van der Waals surface area contributed by atoms with Gasteiger partial charge in [0.2, 0.25) is 0 Å². The first-order chi connectivity index (χ1) is 13.0. The highest BCUT2D eigenvalue weighted by atomic mass is 32.2. The number of aromatic nitrogens is 1. The van der Waals surface area contributed by atoms with Crippen molar-refractivity contribution in [1.29, 1.82) is 0 Å². The Balaban J connectivity index is 1.86. The predicted molar refractivity (Wildman–Crippen MR) is 113 cm³/mol. The summed E-state index contributed by atoms with van der Waals surface area (Å²) in [6.45, 7) is 2.43. The molecule has 1 amide bonds. The number of amides is 1. The van der Waals surface area contributed by atoms with E-state index in [1.807, 2.05) is 43.3 Å². The summed E-state index contributed by atoms with van der Waals surface area (Å²) in [5.74, 6) is -0.307. The third-order valence-electron chi connectivity index (χ3n) is 4.83. The van der Waals surface area contributed by atoms with Gasteiger partial charge >= 0.3 is 0 Å². The van der Waals surface area contributed by atoms with Crippen LogP contribution in [0.15, 0.2) is 53.4 Å². The molecule has 0 unspecified atom stereocenters. The van der Waals surface area contributed by atoms with Crippen molar-refractivity contribution in [3.05, 3.63) is 76.1 Å². The van der Waals surface area contributed by atoms with Crippen molar-refractivity contribution in [1.82, 2.24) is 9.47 Å². The Hall–Kier alpha value is -2.44. The maximum Gasteiger partial charge on any atom is 0.265 e. The summed E-state index contributed by atoms with van der Waals surface area (Å²) < 4.78 is 16.8. The van der Waals surface area contributed by atoms with Gasteiger partial charge in [0, 0.05) is 34.8 Å². The van der Waals surface area contributed by atoms with Crippen LogP contribution in [0.1, 0.15) is 16.8 Å². The molecular formula is C21H17FN2OS2. The SMILES string of the molecule is Cc1c(/C=C2/SC(=S)N(C)C2=O)c2ccccc2n1Cc1ccccc1F. The molecule has 6 heteroatoms. The first kappa shape index (κ1) is 17.9. The number of thiocarbonyl (C=S) groups is 1. The van der Waals surface area contributed by atoms with Gasteiger partial charge in [0.15, 0.2) is 0 Å². The Morgan fingerprint density at radius 1 is 1.15 bits per heavy atom. The number of hydrogen-bond acceptors (Lipinski definition) is 3. The predicted octanol–water partition coefficient (Wildman–Crippen LogP) is 4.97. The molecule has 0 saturated carbocycles. The van der Waals surface area contributed by atoms with Crippen LogP contribution in [0.4, 0.5) is 4.39 Å². The van der Waals surface area contributed by atoms with Crippen LogP contribution < -0.4 is 0 Å². The Morgan fingerprint density at radius 3 is 2.56 bits per heavy atom. The van der Waals surface area contributed by atoms with Gasteiger partial charge in [-0.3, -0.25) is 9.69 Å². The lowest BCUT2D eigenvalue weighted by atomic mass is 10.1. The summed E-state index contributed by atoms with van der Waals surface area (Å²) in [6, 6.07) is 14.8. The second kappa shape index (κ2) is 6.94. The molecule has 0 N–H and O–H groups in total. The molecular weight excluding hydrogens is 379 g/mol. The van der Waals surface area contributed by atoms with Gasteiger partial charge in [-0.25, -0.2) is 4.39 Å². The van der Waals surface area contributed by atoms with Crippen molar-refractivity contribution in [2.45, 2.75) is 13.5 Å². The zero-order valence-electron chi connectivity index (χ0n) is 14.9. The number of rotatable bonds is 3. The number of nitrogens with zero attached hydrogens (tertiary/aromatic N) is 2. The van der Waals surface area contributed by atoms with Gasteiger partial charge in [0.05, 0.1) is 11.4 Å². The van der Waals surface area contributed by atoms with Crippen LogP contribution >= 0.6 is 24.0 Å². The zero-order chi connectivity index (χ0) is 19.1. The van der Waals surface area contributed by atoms with E-state index in [0.29, 0.717) is 21.3 Å². The summed E-state index contributed by atoms with van der Waals surface area (Å²) in [7, 11) is 1.69. The maximum atomic E-state index is 14.2. The molecule has 0 aliphatic carbocycles. The van der Waals surface area contributed by atoms with Crippen molar-refractivity contribution in [2.75, 3.05) is 7.05 Å². The van der Waals surface area contributed by atoms with Gasteiger partial charge in [0.25, 0.3) is 5.91 Å². The number of fused-ring (bicyclic) bond motifs is 1. The summed E-state index contributed by atoms with van der Waals surface area (Å²) in [6.07, 6.45) is 1.90. The summed E-state index contributed by atoms with van der Waals surface area (Å²) in [5, 5.41) is 1.03. The Morgan fingerprint density at radius 2 is 1.85 bits per heavy atom. The topological polar surface area (TPSA) is 25.2 Å². The third-order valence-corrected chi connectivity index (χ3v) is 6.31. The molecule has 1 aliphatic heterocycles. The molecule has 3 aromatic rings. The van der Waals surface area contributed by atoms with E-state index in [-0.39, 0.29) is 11.7 Å². The summed E-state index contributed by atoms with van der Waals surface area (Å²) in [5.41, 5.74) is 3.60.